The summed E-state index contributed by atoms with van der Waals surface area (Å²) < 4.78 is 0. The van der Waals surface area contributed by atoms with E-state index in [0.29, 0.717) is 12.0 Å². The fourth-order valence-corrected chi connectivity index (χ4v) is 7.05. The maximum absolute atomic E-state index is 11.2. The first-order valence-corrected chi connectivity index (χ1v) is 25.3. The normalized spacial score (nSPS) is 9.19. The summed E-state index contributed by atoms with van der Waals surface area (Å²) in [6.45, 7) is 37.7. The number of hydrogen-bond donors (Lipinski definition) is 0. The number of aromatic carboxylic acids is 5. The molecule has 0 spiro atoms. The summed E-state index contributed by atoms with van der Waals surface area (Å²) in [5.74, 6) is -6.70. The molecule has 6 rings (SSSR count). The Morgan fingerprint density at radius 1 is 0.301 bits per heavy atom. The smallest absolute Gasteiger partial charge is 0.0718 e. The molecule has 0 saturated heterocycles. The van der Waals surface area contributed by atoms with Crippen molar-refractivity contribution >= 4 is 29.8 Å². The fourth-order valence-electron chi connectivity index (χ4n) is 7.05. The summed E-state index contributed by atoms with van der Waals surface area (Å²) in [5.41, 5.74) is 12.1. The molecule has 0 radical (unpaired) electrons. The lowest BCUT2D eigenvalue weighted by Gasteiger charge is -2.18. The van der Waals surface area contributed by atoms with Gasteiger partial charge in [-0.3, -0.25) is 0 Å². The lowest BCUT2D eigenvalue weighted by Crippen LogP contribution is -2.28. The lowest BCUT2D eigenvalue weighted by molar-refractivity contribution is -0.257. The van der Waals surface area contributed by atoms with E-state index >= 15 is 0 Å². The van der Waals surface area contributed by atoms with E-state index in [1.807, 2.05) is 159 Å². The summed E-state index contributed by atoms with van der Waals surface area (Å²) in [5, 5.41) is 55.4. The SMILES string of the molecule is CC.CC.CC.CC.CC.CC.Cc1cc(C)cc(Cc2cc(C(=O)[O-])cc(C(=O)[O-])c2)c1.Cc1ccc(Cc2ccc(C)c(C(=O)[O-])c2)cc1C.Cc1cccc(C)c1Cc1c(C(=O)[O-])cccc1C(=O)[O-]. The molecular weight excluding hydrogens is 917 g/mol. The Morgan fingerprint density at radius 3 is 1.07 bits per heavy atom. The van der Waals surface area contributed by atoms with E-state index in [2.05, 4.69) is 32.0 Å². The number of hydrogen-bond acceptors (Lipinski definition) is 10. The van der Waals surface area contributed by atoms with Crippen molar-refractivity contribution in [3.63, 3.8) is 0 Å². The van der Waals surface area contributed by atoms with Crippen molar-refractivity contribution in [2.24, 2.45) is 0 Å². The molecule has 0 aliphatic carbocycles. The zero-order valence-corrected chi connectivity index (χ0v) is 47.1. The largest absolute Gasteiger partial charge is 0.545 e. The Labute approximate surface area is 437 Å². The van der Waals surface area contributed by atoms with Gasteiger partial charge in [0.25, 0.3) is 0 Å². The van der Waals surface area contributed by atoms with Gasteiger partial charge >= 0.3 is 0 Å². The molecule has 73 heavy (non-hydrogen) atoms. The minimum Gasteiger partial charge on any atom is -0.545 e. The number of carboxylic acids is 5. The molecule has 10 heteroatoms. The highest BCUT2D eigenvalue weighted by Gasteiger charge is 2.14. The van der Waals surface area contributed by atoms with Crippen LogP contribution in [0.3, 0.4) is 0 Å². The van der Waals surface area contributed by atoms with Crippen molar-refractivity contribution in [3.8, 4) is 0 Å². The number of aryl methyl sites for hydroxylation is 7. The van der Waals surface area contributed by atoms with Gasteiger partial charge in [0, 0.05) is 16.7 Å². The Bertz CT molecular complexity index is 2530. The third-order valence-electron chi connectivity index (χ3n) is 10.3. The van der Waals surface area contributed by atoms with E-state index in [9.17, 15) is 49.5 Å². The van der Waals surface area contributed by atoms with Crippen LogP contribution < -0.4 is 25.5 Å². The van der Waals surface area contributed by atoms with E-state index < -0.39 is 29.8 Å². The van der Waals surface area contributed by atoms with Crippen LogP contribution in [-0.2, 0) is 19.3 Å². The molecule has 0 saturated carbocycles. The van der Waals surface area contributed by atoms with Gasteiger partial charge in [-0.2, -0.15) is 0 Å². The van der Waals surface area contributed by atoms with Gasteiger partial charge in [-0.15, -0.1) is 0 Å². The summed E-state index contributed by atoms with van der Waals surface area (Å²) in [6, 6.07) is 31.5. The predicted molar refractivity (Wildman–Crippen MR) is 290 cm³/mol. The third kappa shape index (κ3) is 24.1. The second-order valence-corrected chi connectivity index (χ2v) is 15.2. The van der Waals surface area contributed by atoms with Crippen molar-refractivity contribution in [1.82, 2.24) is 0 Å². The molecule has 398 valence electrons. The zero-order valence-electron chi connectivity index (χ0n) is 47.1. The molecule has 6 aromatic carbocycles. The average molecular weight is 998 g/mol. The van der Waals surface area contributed by atoms with Crippen LogP contribution >= 0.6 is 0 Å². The number of rotatable bonds is 11. The topological polar surface area (TPSA) is 201 Å². The van der Waals surface area contributed by atoms with Crippen LogP contribution in [0.15, 0.2) is 109 Å². The van der Waals surface area contributed by atoms with Crippen LogP contribution in [-0.4, -0.2) is 29.8 Å². The summed E-state index contributed by atoms with van der Waals surface area (Å²) in [4.78, 5) is 55.4. The second-order valence-electron chi connectivity index (χ2n) is 15.2. The first-order chi connectivity index (χ1) is 34.7. The molecule has 0 aromatic heterocycles. The molecule has 0 heterocycles. The van der Waals surface area contributed by atoms with Crippen LogP contribution in [0.2, 0.25) is 0 Å². The number of carboxylic acid groups (broad SMARTS) is 5. The summed E-state index contributed by atoms with van der Waals surface area (Å²) >= 11 is 0. The van der Waals surface area contributed by atoms with Gasteiger partial charge in [0.1, 0.15) is 0 Å². The van der Waals surface area contributed by atoms with Crippen molar-refractivity contribution < 1.29 is 49.5 Å². The van der Waals surface area contributed by atoms with Crippen molar-refractivity contribution in [3.05, 3.63) is 209 Å². The summed E-state index contributed by atoms with van der Waals surface area (Å²) in [6.07, 6.45) is 1.40. The van der Waals surface area contributed by atoms with Crippen LogP contribution in [0, 0.1) is 48.5 Å². The van der Waals surface area contributed by atoms with Gasteiger partial charge in [-0.05, 0) is 164 Å². The molecule has 0 aliphatic rings. The first-order valence-electron chi connectivity index (χ1n) is 25.3. The fraction of sp³-hybridized carbons (Fsp3) is 0.349. The molecule has 10 nitrogen and oxygen atoms in total. The van der Waals surface area contributed by atoms with Gasteiger partial charge in [0.15, 0.2) is 0 Å². The number of carbonyl (C=O) groups excluding carboxylic acids is 5. The molecule has 0 bridgehead atoms. The Morgan fingerprint density at radius 2 is 0.671 bits per heavy atom. The van der Waals surface area contributed by atoms with E-state index in [1.165, 1.54) is 47.0 Å². The van der Waals surface area contributed by atoms with Crippen molar-refractivity contribution in [2.75, 3.05) is 0 Å². The molecule has 0 aliphatic heterocycles. The molecule has 0 amide bonds. The first kappa shape index (κ1) is 69.9. The summed E-state index contributed by atoms with van der Waals surface area (Å²) in [7, 11) is 0. The molecule has 0 fully saturated rings. The number of benzene rings is 6. The van der Waals surface area contributed by atoms with Crippen LogP contribution in [0.1, 0.15) is 207 Å². The van der Waals surface area contributed by atoms with Crippen LogP contribution in [0.25, 0.3) is 0 Å². The maximum atomic E-state index is 11.2. The average Bonchev–Trinajstić information content (AvgIpc) is 3.38. The zero-order chi connectivity index (χ0) is 57.1. The third-order valence-corrected chi connectivity index (χ3v) is 10.3. The highest BCUT2D eigenvalue weighted by molar-refractivity contribution is 5.95. The van der Waals surface area contributed by atoms with E-state index in [-0.39, 0.29) is 39.8 Å². The lowest BCUT2D eigenvalue weighted by atomic mass is 9.90. The minimum atomic E-state index is -1.40. The van der Waals surface area contributed by atoms with Crippen LogP contribution in [0.5, 0.6) is 0 Å². The molecule has 0 N–H and O–H groups in total. The van der Waals surface area contributed by atoms with Gasteiger partial charge in [0.2, 0.25) is 0 Å². The molecule has 0 unspecified atom stereocenters. The Kier molecular flexibility index (Phi) is 36.7. The van der Waals surface area contributed by atoms with Gasteiger partial charge in [-0.25, -0.2) is 0 Å². The highest BCUT2D eigenvalue weighted by atomic mass is 16.4. The van der Waals surface area contributed by atoms with Crippen molar-refractivity contribution in [1.29, 1.82) is 0 Å². The maximum Gasteiger partial charge on any atom is 0.0718 e. The highest BCUT2D eigenvalue weighted by Crippen LogP contribution is 2.24. The minimum absolute atomic E-state index is 0.112. The van der Waals surface area contributed by atoms with E-state index in [1.54, 1.807) is 13.0 Å². The van der Waals surface area contributed by atoms with Gasteiger partial charge in [0.05, 0.1) is 29.8 Å². The van der Waals surface area contributed by atoms with Gasteiger partial charge in [-0.1, -0.05) is 179 Å². The van der Waals surface area contributed by atoms with E-state index in [4.69, 9.17) is 0 Å². The quantitative estimate of drug-likeness (QED) is 0.120. The van der Waals surface area contributed by atoms with E-state index in [0.717, 1.165) is 57.0 Å². The number of carbonyl (C=O) groups is 5. The second kappa shape index (κ2) is 38.4. The molecule has 6 aromatic rings. The predicted octanol–water partition coefficient (Wildman–Crippen LogP) is 9.97. The van der Waals surface area contributed by atoms with Gasteiger partial charge < -0.3 is 49.5 Å². The molecular formula is C63H81O10-5. The van der Waals surface area contributed by atoms with Crippen LogP contribution in [0.4, 0.5) is 0 Å². The monoisotopic (exact) mass is 998 g/mol. The Balaban J connectivity index is -0.000000911. The molecule has 0 atom stereocenters. The van der Waals surface area contributed by atoms with Crippen molar-refractivity contribution in [2.45, 2.75) is 151 Å². The Hall–Kier alpha value is -7.33. The standard InChI is InChI=1S/2C17H16O4.C17H18O2.6C2H6/c1-10-3-11(2)5-12(4-10)6-13-7-14(16(18)19)9-15(8-13)17(20)21;1-10-5-3-6-11(2)14(10)9-15-12(16(18)19)7-4-8-13(15)17(20)21;1-11-4-6-14(8-13(11)3)9-15-7-5-12(2)16(10-15)17(18)19;6*1-2/h3-5,7-9H,6H2,1-2H3,(H,18,19)(H,20,21);3-8H,9H2,1-2H3,(H,18,19)(H,20,21);4-8,10H,9H2,1-3H3,(H,18,19);6*1-2H3/p-5.